The summed E-state index contributed by atoms with van der Waals surface area (Å²) in [5, 5.41) is 3.02. The van der Waals surface area contributed by atoms with E-state index in [0.717, 1.165) is 18.2 Å². The first kappa shape index (κ1) is 12.4. The van der Waals surface area contributed by atoms with Crippen molar-refractivity contribution in [1.82, 2.24) is 9.97 Å². The Bertz CT molecular complexity index is 538. The normalized spacial score (nSPS) is 10.7. The first-order valence-electron chi connectivity index (χ1n) is 5.60. The molecule has 0 spiro atoms. The molecule has 0 aliphatic heterocycles. The van der Waals surface area contributed by atoms with Crippen LogP contribution in [0.4, 0.5) is 14.7 Å². The molecule has 1 N–H and O–H groups in total. The third-order valence-electron chi connectivity index (χ3n) is 2.31. The molecule has 2 aromatic rings. The Morgan fingerprint density at radius 1 is 1.11 bits per heavy atom. The molecule has 0 amide bonds. The molecule has 94 valence electrons. The molecule has 1 heterocycles. The average Bonchev–Trinajstić information content (AvgIpc) is 2.33. The van der Waals surface area contributed by atoms with E-state index in [-0.39, 0.29) is 11.6 Å². The Labute approximate surface area is 104 Å². The van der Waals surface area contributed by atoms with Crippen LogP contribution in [0.1, 0.15) is 13.8 Å². The van der Waals surface area contributed by atoms with Crippen molar-refractivity contribution < 1.29 is 8.78 Å². The minimum absolute atomic E-state index is 0.158. The van der Waals surface area contributed by atoms with Crippen LogP contribution in [0.25, 0.3) is 11.1 Å². The van der Waals surface area contributed by atoms with E-state index in [9.17, 15) is 8.78 Å². The number of hydrogen-bond acceptors (Lipinski definition) is 3. The van der Waals surface area contributed by atoms with Crippen LogP contribution in [0.5, 0.6) is 0 Å². The molecule has 0 radical (unpaired) electrons. The molecule has 18 heavy (non-hydrogen) atoms. The van der Waals surface area contributed by atoms with E-state index in [2.05, 4.69) is 15.3 Å². The topological polar surface area (TPSA) is 37.8 Å². The van der Waals surface area contributed by atoms with Gasteiger partial charge in [0.2, 0.25) is 5.95 Å². The van der Waals surface area contributed by atoms with Crippen LogP contribution < -0.4 is 5.32 Å². The molecule has 0 aliphatic carbocycles. The van der Waals surface area contributed by atoms with Crippen molar-refractivity contribution in [2.75, 3.05) is 5.32 Å². The molecule has 0 saturated carbocycles. The van der Waals surface area contributed by atoms with Crippen molar-refractivity contribution in [2.45, 2.75) is 19.9 Å². The summed E-state index contributed by atoms with van der Waals surface area (Å²) in [4.78, 5) is 8.11. The van der Waals surface area contributed by atoms with Crippen LogP contribution in [-0.4, -0.2) is 16.0 Å². The Balaban J connectivity index is 2.31. The number of nitrogens with one attached hydrogen (secondary N) is 1. The SMILES string of the molecule is CC(C)Nc1ncc(-c2cc(F)ccc2F)cn1. The monoisotopic (exact) mass is 249 g/mol. The second-order valence-electron chi connectivity index (χ2n) is 4.22. The lowest BCUT2D eigenvalue weighted by Crippen LogP contribution is -2.12. The van der Waals surface area contributed by atoms with E-state index >= 15 is 0 Å². The van der Waals surface area contributed by atoms with Gasteiger partial charge in [-0.25, -0.2) is 18.7 Å². The number of anilines is 1. The number of aromatic nitrogens is 2. The van der Waals surface area contributed by atoms with Gasteiger partial charge in [-0.05, 0) is 32.0 Å². The van der Waals surface area contributed by atoms with E-state index in [1.807, 2.05) is 13.8 Å². The molecule has 0 atom stereocenters. The minimum Gasteiger partial charge on any atom is -0.352 e. The summed E-state index contributed by atoms with van der Waals surface area (Å²) in [7, 11) is 0. The van der Waals surface area contributed by atoms with Gasteiger partial charge in [0.25, 0.3) is 0 Å². The smallest absolute Gasteiger partial charge is 0.222 e. The van der Waals surface area contributed by atoms with Gasteiger partial charge < -0.3 is 5.32 Å². The first-order valence-corrected chi connectivity index (χ1v) is 5.60. The van der Waals surface area contributed by atoms with Crippen molar-refractivity contribution in [2.24, 2.45) is 0 Å². The number of hydrogen-bond donors (Lipinski definition) is 1. The van der Waals surface area contributed by atoms with Crippen molar-refractivity contribution >= 4 is 5.95 Å². The molecule has 1 aromatic carbocycles. The lowest BCUT2D eigenvalue weighted by molar-refractivity contribution is 0.603. The number of benzene rings is 1. The molecule has 0 unspecified atom stereocenters. The van der Waals surface area contributed by atoms with Crippen molar-refractivity contribution in [3.8, 4) is 11.1 Å². The van der Waals surface area contributed by atoms with Crippen LogP contribution in [-0.2, 0) is 0 Å². The quantitative estimate of drug-likeness (QED) is 0.907. The van der Waals surface area contributed by atoms with Gasteiger partial charge in [0.15, 0.2) is 0 Å². The molecule has 0 bridgehead atoms. The zero-order valence-electron chi connectivity index (χ0n) is 10.1. The fraction of sp³-hybridized carbons (Fsp3) is 0.231. The van der Waals surface area contributed by atoms with Gasteiger partial charge >= 0.3 is 0 Å². The van der Waals surface area contributed by atoms with Crippen LogP contribution in [0.3, 0.4) is 0 Å². The Hall–Kier alpha value is -2.04. The van der Waals surface area contributed by atoms with Gasteiger partial charge in [-0.1, -0.05) is 0 Å². The van der Waals surface area contributed by atoms with Gasteiger partial charge in [-0.15, -0.1) is 0 Å². The van der Waals surface area contributed by atoms with Crippen LogP contribution in [0.2, 0.25) is 0 Å². The highest BCUT2D eigenvalue weighted by Crippen LogP contribution is 2.22. The highest BCUT2D eigenvalue weighted by atomic mass is 19.1. The zero-order valence-corrected chi connectivity index (χ0v) is 10.1. The van der Waals surface area contributed by atoms with E-state index in [1.54, 1.807) is 0 Å². The molecule has 0 fully saturated rings. The summed E-state index contributed by atoms with van der Waals surface area (Å²) in [6, 6.07) is 3.50. The highest BCUT2D eigenvalue weighted by molar-refractivity contribution is 5.62. The fourth-order valence-electron chi connectivity index (χ4n) is 1.52. The van der Waals surface area contributed by atoms with Gasteiger partial charge in [0.05, 0.1) is 0 Å². The molecule has 5 heteroatoms. The second-order valence-corrected chi connectivity index (χ2v) is 4.22. The van der Waals surface area contributed by atoms with E-state index in [4.69, 9.17) is 0 Å². The van der Waals surface area contributed by atoms with E-state index in [1.165, 1.54) is 12.4 Å². The minimum atomic E-state index is -0.496. The predicted octanol–water partition coefficient (Wildman–Crippen LogP) is 3.24. The van der Waals surface area contributed by atoms with Crippen molar-refractivity contribution in [3.05, 3.63) is 42.2 Å². The van der Waals surface area contributed by atoms with Gasteiger partial charge in [0, 0.05) is 29.6 Å². The third kappa shape index (κ3) is 2.80. The van der Waals surface area contributed by atoms with Crippen molar-refractivity contribution in [1.29, 1.82) is 0 Å². The first-order chi connectivity index (χ1) is 8.56. The average molecular weight is 249 g/mol. The molecule has 0 aliphatic rings. The third-order valence-corrected chi connectivity index (χ3v) is 2.31. The van der Waals surface area contributed by atoms with Gasteiger partial charge in [-0.2, -0.15) is 0 Å². The largest absolute Gasteiger partial charge is 0.352 e. The number of nitrogens with zero attached hydrogens (tertiary/aromatic N) is 2. The lowest BCUT2D eigenvalue weighted by atomic mass is 10.1. The molecular weight excluding hydrogens is 236 g/mol. The predicted molar refractivity (Wildman–Crippen MR) is 66.1 cm³/mol. The Kier molecular flexibility index (Phi) is 3.50. The second kappa shape index (κ2) is 5.08. The summed E-state index contributed by atoms with van der Waals surface area (Å²) < 4.78 is 26.6. The summed E-state index contributed by atoms with van der Waals surface area (Å²) >= 11 is 0. The van der Waals surface area contributed by atoms with Gasteiger partial charge in [0.1, 0.15) is 11.6 Å². The Morgan fingerprint density at radius 3 is 2.39 bits per heavy atom. The summed E-state index contributed by atoms with van der Waals surface area (Å²) in [6.45, 7) is 3.92. The summed E-state index contributed by atoms with van der Waals surface area (Å²) in [6.07, 6.45) is 2.94. The molecule has 1 aromatic heterocycles. The number of halogens is 2. The summed E-state index contributed by atoms with van der Waals surface area (Å²) in [5.41, 5.74) is 0.604. The maximum Gasteiger partial charge on any atom is 0.222 e. The van der Waals surface area contributed by atoms with E-state index in [0.29, 0.717) is 11.5 Å². The molecule has 0 saturated heterocycles. The van der Waals surface area contributed by atoms with E-state index < -0.39 is 11.6 Å². The van der Waals surface area contributed by atoms with Crippen molar-refractivity contribution in [3.63, 3.8) is 0 Å². The zero-order chi connectivity index (χ0) is 13.1. The maximum absolute atomic E-state index is 13.5. The van der Waals surface area contributed by atoms with Crippen LogP contribution in [0.15, 0.2) is 30.6 Å². The lowest BCUT2D eigenvalue weighted by Gasteiger charge is -2.08. The number of rotatable bonds is 3. The standard InChI is InChI=1S/C13H13F2N3/c1-8(2)18-13-16-6-9(7-17-13)11-5-10(14)3-4-12(11)15/h3-8H,1-2H3,(H,16,17,18). The molecule has 2 rings (SSSR count). The maximum atomic E-state index is 13.5. The van der Waals surface area contributed by atoms with Crippen LogP contribution >= 0.6 is 0 Å². The molecular formula is C13H13F2N3. The molecule has 3 nitrogen and oxygen atoms in total. The summed E-state index contributed by atoms with van der Waals surface area (Å²) in [5.74, 6) is -0.522. The highest BCUT2D eigenvalue weighted by Gasteiger charge is 2.08. The fourth-order valence-corrected chi connectivity index (χ4v) is 1.52. The van der Waals surface area contributed by atoms with Gasteiger partial charge in [-0.3, -0.25) is 0 Å². The Morgan fingerprint density at radius 2 is 1.78 bits per heavy atom. The van der Waals surface area contributed by atoms with Crippen LogP contribution in [0, 0.1) is 11.6 Å².